The van der Waals surface area contributed by atoms with E-state index in [9.17, 15) is 9.59 Å². The second kappa shape index (κ2) is 8.28. The van der Waals surface area contributed by atoms with E-state index >= 15 is 0 Å². The van der Waals surface area contributed by atoms with Gasteiger partial charge >= 0.3 is 5.97 Å². The second-order valence-corrected chi connectivity index (χ2v) is 7.10. The van der Waals surface area contributed by atoms with Crippen molar-refractivity contribution in [1.29, 1.82) is 0 Å². The van der Waals surface area contributed by atoms with Crippen LogP contribution in [0.3, 0.4) is 0 Å². The van der Waals surface area contributed by atoms with Gasteiger partial charge in [-0.2, -0.15) is 0 Å². The predicted molar refractivity (Wildman–Crippen MR) is 106 cm³/mol. The molecule has 0 bridgehead atoms. The highest BCUT2D eigenvalue weighted by Crippen LogP contribution is 2.29. The summed E-state index contributed by atoms with van der Waals surface area (Å²) in [6.45, 7) is 1.45. The van der Waals surface area contributed by atoms with Gasteiger partial charge in [-0.25, -0.2) is 9.79 Å². The molecule has 2 aromatic rings. The summed E-state index contributed by atoms with van der Waals surface area (Å²) in [4.78, 5) is 27.9. The summed E-state index contributed by atoms with van der Waals surface area (Å²) in [5, 5.41) is 12.7. The van der Waals surface area contributed by atoms with Gasteiger partial charge in [0, 0.05) is 5.02 Å². The zero-order valence-electron chi connectivity index (χ0n) is 14.2. The first-order chi connectivity index (χ1) is 12.9. The summed E-state index contributed by atoms with van der Waals surface area (Å²) in [7, 11) is 0. The average molecular weight is 403 g/mol. The number of aliphatic carboxylic acids is 1. The van der Waals surface area contributed by atoms with Gasteiger partial charge in [0.05, 0.1) is 10.6 Å². The van der Waals surface area contributed by atoms with Gasteiger partial charge in [-0.05, 0) is 66.7 Å². The van der Waals surface area contributed by atoms with Crippen LogP contribution in [-0.4, -0.2) is 28.3 Å². The van der Waals surface area contributed by atoms with Crippen molar-refractivity contribution in [3.8, 4) is 5.75 Å². The van der Waals surface area contributed by atoms with E-state index < -0.39 is 12.1 Å². The van der Waals surface area contributed by atoms with E-state index in [2.05, 4.69) is 10.3 Å². The SMILES string of the molecule is CC(Oc1cccc(/C=C2/SC(=Nc3ccc(Cl)cc3)NC2=O)c1)C(=O)O. The topological polar surface area (TPSA) is 88.0 Å². The molecule has 1 heterocycles. The Balaban J connectivity index is 1.76. The number of carboxylic acid groups (broad SMARTS) is 1. The maximum Gasteiger partial charge on any atom is 0.344 e. The molecule has 1 saturated heterocycles. The molecule has 0 saturated carbocycles. The molecule has 6 nitrogen and oxygen atoms in total. The van der Waals surface area contributed by atoms with E-state index in [4.69, 9.17) is 21.4 Å². The summed E-state index contributed by atoms with van der Waals surface area (Å²) in [5.41, 5.74) is 1.40. The Labute approximate surface area is 164 Å². The number of nitrogens with zero attached hydrogens (tertiary/aromatic N) is 1. The van der Waals surface area contributed by atoms with Gasteiger partial charge < -0.3 is 15.2 Å². The zero-order chi connectivity index (χ0) is 19.4. The van der Waals surface area contributed by atoms with Crippen molar-refractivity contribution in [1.82, 2.24) is 5.32 Å². The summed E-state index contributed by atoms with van der Waals surface area (Å²) < 4.78 is 5.35. The molecule has 2 aromatic carbocycles. The van der Waals surface area contributed by atoms with E-state index in [0.29, 0.717) is 26.5 Å². The molecule has 1 aliphatic rings. The molecule has 1 atom stereocenters. The number of benzene rings is 2. The molecular formula is C19H15ClN2O4S. The maximum atomic E-state index is 12.2. The Kier molecular flexibility index (Phi) is 5.83. The van der Waals surface area contributed by atoms with Gasteiger partial charge in [0.25, 0.3) is 5.91 Å². The Hall–Kier alpha value is -2.77. The van der Waals surface area contributed by atoms with Gasteiger partial charge in [-0.15, -0.1) is 0 Å². The minimum absolute atomic E-state index is 0.252. The zero-order valence-corrected chi connectivity index (χ0v) is 15.8. The molecule has 0 radical (unpaired) electrons. The minimum atomic E-state index is -1.05. The third-order valence-electron chi connectivity index (χ3n) is 3.52. The normalized spacial score (nSPS) is 17.8. The third-order valence-corrected chi connectivity index (χ3v) is 4.69. The number of carboxylic acids is 1. The fourth-order valence-electron chi connectivity index (χ4n) is 2.20. The number of rotatable bonds is 5. The molecule has 0 spiro atoms. The van der Waals surface area contributed by atoms with Crippen molar-refractivity contribution in [2.45, 2.75) is 13.0 Å². The number of amides is 1. The van der Waals surface area contributed by atoms with Gasteiger partial charge in [-0.3, -0.25) is 4.79 Å². The number of hydrogen-bond donors (Lipinski definition) is 2. The highest BCUT2D eigenvalue weighted by Gasteiger charge is 2.24. The Morgan fingerprint density at radius 3 is 2.74 bits per heavy atom. The first kappa shape index (κ1) is 19.0. The number of aliphatic imine (C=N–C) groups is 1. The number of hydrogen-bond acceptors (Lipinski definition) is 5. The van der Waals surface area contributed by atoms with Crippen molar-refractivity contribution in [2.75, 3.05) is 0 Å². The molecule has 1 unspecified atom stereocenters. The minimum Gasteiger partial charge on any atom is -0.479 e. The van der Waals surface area contributed by atoms with Crippen LogP contribution in [0.15, 0.2) is 58.4 Å². The lowest BCUT2D eigenvalue weighted by Crippen LogP contribution is -2.22. The molecule has 27 heavy (non-hydrogen) atoms. The molecule has 1 aliphatic heterocycles. The highest BCUT2D eigenvalue weighted by atomic mass is 35.5. The van der Waals surface area contributed by atoms with Crippen LogP contribution in [-0.2, 0) is 9.59 Å². The summed E-state index contributed by atoms with van der Waals surface area (Å²) in [6, 6.07) is 13.8. The van der Waals surface area contributed by atoms with Crippen LogP contribution in [0.5, 0.6) is 5.75 Å². The number of ether oxygens (including phenoxy) is 1. The maximum absolute atomic E-state index is 12.2. The molecule has 0 aromatic heterocycles. The molecule has 1 fully saturated rings. The number of nitrogens with one attached hydrogen (secondary N) is 1. The molecule has 0 aliphatic carbocycles. The van der Waals surface area contributed by atoms with Crippen molar-refractivity contribution in [2.24, 2.45) is 4.99 Å². The lowest BCUT2D eigenvalue weighted by atomic mass is 10.2. The van der Waals surface area contributed by atoms with Crippen LogP contribution in [0.2, 0.25) is 5.02 Å². The van der Waals surface area contributed by atoms with E-state index in [1.807, 2.05) is 0 Å². The summed E-state index contributed by atoms with van der Waals surface area (Å²) in [6.07, 6.45) is 0.734. The molecule has 8 heteroatoms. The fraction of sp³-hybridized carbons (Fsp3) is 0.105. The number of carbonyl (C=O) groups excluding carboxylic acids is 1. The van der Waals surface area contributed by atoms with Crippen LogP contribution >= 0.6 is 23.4 Å². The van der Waals surface area contributed by atoms with Crippen LogP contribution in [0.1, 0.15) is 12.5 Å². The standard InChI is InChI=1S/C19H15ClN2O4S/c1-11(18(24)25)26-15-4-2-3-12(9-15)10-16-17(23)22-19(27-16)21-14-7-5-13(20)6-8-14/h2-11H,1H3,(H,24,25)(H,21,22,23)/b16-10+. The van der Waals surface area contributed by atoms with Crippen molar-refractivity contribution < 1.29 is 19.4 Å². The van der Waals surface area contributed by atoms with Crippen LogP contribution in [0.4, 0.5) is 5.69 Å². The number of amidine groups is 1. The number of thioether (sulfide) groups is 1. The Morgan fingerprint density at radius 1 is 1.30 bits per heavy atom. The lowest BCUT2D eigenvalue weighted by molar-refractivity contribution is -0.144. The van der Waals surface area contributed by atoms with E-state index in [1.165, 1.54) is 18.7 Å². The van der Waals surface area contributed by atoms with Gasteiger partial charge in [0.1, 0.15) is 5.75 Å². The first-order valence-corrected chi connectivity index (χ1v) is 9.15. The molecule has 138 valence electrons. The molecule has 2 N–H and O–H groups in total. The number of halogens is 1. The fourth-order valence-corrected chi connectivity index (χ4v) is 3.16. The van der Waals surface area contributed by atoms with Crippen LogP contribution < -0.4 is 10.1 Å². The van der Waals surface area contributed by atoms with Gasteiger partial charge in [0.15, 0.2) is 11.3 Å². The Bertz CT molecular complexity index is 941. The van der Waals surface area contributed by atoms with E-state index in [1.54, 1.807) is 54.6 Å². The monoisotopic (exact) mass is 402 g/mol. The first-order valence-electron chi connectivity index (χ1n) is 7.95. The smallest absolute Gasteiger partial charge is 0.344 e. The van der Waals surface area contributed by atoms with Gasteiger partial charge in [-0.1, -0.05) is 23.7 Å². The van der Waals surface area contributed by atoms with E-state index in [0.717, 1.165) is 5.56 Å². The quantitative estimate of drug-likeness (QED) is 0.735. The number of carbonyl (C=O) groups is 2. The molecular weight excluding hydrogens is 388 g/mol. The highest BCUT2D eigenvalue weighted by molar-refractivity contribution is 8.18. The molecule has 3 rings (SSSR count). The summed E-state index contributed by atoms with van der Waals surface area (Å²) >= 11 is 7.07. The Morgan fingerprint density at radius 2 is 2.04 bits per heavy atom. The van der Waals surface area contributed by atoms with Crippen molar-refractivity contribution >= 4 is 52.2 Å². The largest absolute Gasteiger partial charge is 0.479 e. The van der Waals surface area contributed by atoms with E-state index in [-0.39, 0.29) is 5.91 Å². The predicted octanol–water partition coefficient (Wildman–Crippen LogP) is 4.08. The second-order valence-electron chi connectivity index (χ2n) is 5.63. The van der Waals surface area contributed by atoms with Crippen LogP contribution in [0, 0.1) is 0 Å². The van der Waals surface area contributed by atoms with Crippen LogP contribution in [0.25, 0.3) is 6.08 Å². The average Bonchev–Trinajstić information content (AvgIpc) is 2.96. The van der Waals surface area contributed by atoms with Crippen molar-refractivity contribution in [3.05, 3.63) is 64.0 Å². The van der Waals surface area contributed by atoms with Crippen molar-refractivity contribution in [3.63, 3.8) is 0 Å². The summed E-state index contributed by atoms with van der Waals surface area (Å²) in [5.74, 6) is -0.886. The van der Waals surface area contributed by atoms with Gasteiger partial charge in [0.2, 0.25) is 0 Å². The third kappa shape index (κ3) is 5.12. The lowest BCUT2D eigenvalue weighted by Gasteiger charge is -2.10. The molecule has 1 amide bonds.